The van der Waals surface area contributed by atoms with Gasteiger partial charge in [0.15, 0.2) is 0 Å². The van der Waals surface area contributed by atoms with Gasteiger partial charge < -0.3 is 20.9 Å². The van der Waals surface area contributed by atoms with Crippen molar-refractivity contribution in [2.75, 3.05) is 13.7 Å². The van der Waals surface area contributed by atoms with Crippen LogP contribution in [0.25, 0.3) is 0 Å². The number of nitrogens with one attached hydrogen (secondary N) is 1. The maximum Gasteiger partial charge on any atom is 0.237 e. The molecule has 1 aromatic carbocycles. The number of aliphatic hydroxyl groups is 1. The first-order valence-corrected chi connectivity index (χ1v) is 6.18. The van der Waals surface area contributed by atoms with E-state index in [1.165, 1.54) is 0 Å². The number of nitrogens with two attached hydrogens (primary N) is 1. The highest BCUT2D eigenvalue weighted by Crippen LogP contribution is 2.18. The van der Waals surface area contributed by atoms with Gasteiger partial charge in [-0.25, -0.2) is 0 Å². The molecule has 0 fully saturated rings. The molecule has 0 aliphatic rings. The Morgan fingerprint density at radius 2 is 2.00 bits per heavy atom. The van der Waals surface area contributed by atoms with Gasteiger partial charge in [-0.2, -0.15) is 0 Å². The van der Waals surface area contributed by atoms with E-state index >= 15 is 0 Å². The highest BCUT2D eigenvalue weighted by atomic mass is 16.5. The molecule has 1 aromatic rings. The molecule has 0 aliphatic carbocycles. The molecule has 106 valence electrons. The summed E-state index contributed by atoms with van der Waals surface area (Å²) in [7, 11) is 1.60. The molecular formula is C14H22N2O3. The van der Waals surface area contributed by atoms with Crippen LogP contribution in [0.15, 0.2) is 24.3 Å². The maximum atomic E-state index is 11.9. The van der Waals surface area contributed by atoms with Crippen LogP contribution in [0, 0.1) is 5.41 Å². The molecule has 0 aromatic heterocycles. The van der Waals surface area contributed by atoms with Crippen LogP contribution < -0.4 is 15.8 Å². The minimum atomic E-state index is -0.740. The molecule has 1 amide bonds. The molecule has 0 heterocycles. The van der Waals surface area contributed by atoms with Crippen molar-refractivity contribution in [1.82, 2.24) is 5.32 Å². The predicted molar refractivity (Wildman–Crippen MR) is 73.7 cm³/mol. The van der Waals surface area contributed by atoms with Crippen molar-refractivity contribution in [2.24, 2.45) is 11.1 Å². The average molecular weight is 266 g/mol. The first-order chi connectivity index (χ1) is 8.90. The van der Waals surface area contributed by atoms with Crippen molar-refractivity contribution >= 4 is 5.91 Å². The fraction of sp³-hybridized carbons (Fsp3) is 0.500. The van der Waals surface area contributed by atoms with Crippen molar-refractivity contribution < 1.29 is 14.6 Å². The van der Waals surface area contributed by atoms with Gasteiger partial charge in [0.25, 0.3) is 0 Å². The molecule has 19 heavy (non-hydrogen) atoms. The number of ether oxygens (including phenoxy) is 1. The van der Waals surface area contributed by atoms with E-state index in [-0.39, 0.29) is 12.5 Å². The molecule has 0 radical (unpaired) electrons. The van der Waals surface area contributed by atoms with Crippen molar-refractivity contribution in [3.05, 3.63) is 29.8 Å². The van der Waals surface area contributed by atoms with Crippen LogP contribution in [0.1, 0.15) is 19.4 Å². The number of aliphatic hydroxyl groups excluding tert-OH is 1. The number of carbonyl (C=O) groups is 1. The molecule has 5 nitrogen and oxygen atoms in total. The van der Waals surface area contributed by atoms with Gasteiger partial charge in [0.2, 0.25) is 5.91 Å². The summed E-state index contributed by atoms with van der Waals surface area (Å²) in [5.74, 6) is 0.503. The Morgan fingerprint density at radius 3 is 2.47 bits per heavy atom. The standard InChI is InChI=1S/C14H22N2O3/c1-14(2,9-17)12(15)13(18)16-8-10-4-6-11(19-3)7-5-10/h4-7,12,17H,8-9,15H2,1-3H3,(H,16,18)/t12-/m1/s1. The third-order valence-electron chi connectivity index (χ3n) is 3.16. The molecule has 1 atom stereocenters. The lowest BCUT2D eigenvalue weighted by atomic mass is 9.85. The van der Waals surface area contributed by atoms with Crippen LogP contribution in [0.3, 0.4) is 0 Å². The Morgan fingerprint density at radius 1 is 1.42 bits per heavy atom. The van der Waals surface area contributed by atoms with E-state index in [1.807, 2.05) is 24.3 Å². The zero-order valence-electron chi connectivity index (χ0n) is 11.6. The summed E-state index contributed by atoms with van der Waals surface area (Å²) in [6.45, 7) is 3.78. The first-order valence-electron chi connectivity index (χ1n) is 6.18. The Balaban J connectivity index is 2.54. The molecule has 4 N–H and O–H groups in total. The van der Waals surface area contributed by atoms with Gasteiger partial charge in [0.1, 0.15) is 5.75 Å². The quantitative estimate of drug-likeness (QED) is 0.706. The Bertz CT molecular complexity index is 415. The highest BCUT2D eigenvalue weighted by molar-refractivity contribution is 5.82. The lowest BCUT2D eigenvalue weighted by molar-refractivity contribution is -0.125. The van der Waals surface area contributed by atoms with Gasteiger partial charge in [-0.1, -0.05) is 26.0 Å². The normalized spacial score (nSPS) is 12.9. The van der Waals surface area contributed by atoms with Crippen molar-refractivity contribution in [3.8, 4) is 5.75 Å². The van der Waals surface area contributed by atoms with Crippen LogP contribution in [0.2, 0.25) is 0 Å². The largest absolute Gasteiger partial charge is 0.497 e. The van der Waals surface area contributed by atoms with Crippen molar-refractivity contribution in [1.29, 1.82) is 0 Å². The summed E-state index contributed by atoms with van der Waals surface area (Å²) in [6.07, 6.45) is 0. The first kappa shape index (κ1) is 15.5. The van der Waals surface area contributed by atoms with Crippen LogP contribution in [0.5, 0.6) is 5.75 Å². The third-order valence-corrected chi connectivity index (χ3v) is 3.16. The van der Waals surface area contributed by atoms with Crippen LogP contribution in [0.4, 0.5) is 0 Å². The molecule has 0 bridgehead atoms. The Labute approximate surface area is 113 Å². The summed E-state index contributed by atoms with van der Waals surface area (Å²) in [6, 6.07) is 6.68. The molecule has 5 heteroatoms. The predicted octanol–water partition coefficient (Wildman–Crippen LogP) is 0.657. The van der Waals surface area contributed by atoms with Gasteiger partial charge in [-0.15, -0.1) is 0 Å². The van der Waals surface area contributed by atoms with E-state index in [9.17, 15) is 9.90 Å². The molecule has 1 rings (SSSR count). The van der Waals surface area contributed by atoms with E-state index in [1.54, 1.807) is 21.0 Å². The fourth-order valence-corrected chi connectivity index (χ4v) is 1.50. The van der Waals surface area contributed by atoms with Gasteiger partial charge in [-0.05, 0) is 17.7 Å². The molecule has 0 aliphatic heterocycles. The third kappa shape index (κ3) is 4.22. The number of methoxy groups -OCH3 is 1. The molecule has 0 unspecified atom stereocenters. The minimum Gasteiger partial charge on any atom is -0.497 e. The number of benzene rings is 1. The smallest absolute Gasteiger partial charge is 0.237 e. The summed E-state index contributed by atoms with van der Waals surface area (Å²) in [5.41, 5.74) is 6.15. The lowest BCUT2D eigenvalue weighted by Crippen LogP contribution is -2.51. The molecule has 0 saturated heterocycles. The van der Waals surface area contributed by atoms with E-state index in [0.29, 0.717) is 6.54 Å². The van der Waals surface area contributed by atoms with Gasteiger partial charge in [0, 0.05) is 12.0 Å². The average Bonchev–Trinajstić information content (AvgIpc) is 2.44. The van der Waals surface area contributed by atoms with E-state index in [2.05, 4.69) is 5.32 Å². The zero-order chi connectivity index (χ0) is 14.5. The van der Waals surface area contributed by atoms with Crippen LogP contribution in [-0.4, -0.2) is 30.8 Å². The number of rotatable bonds is 6. The summed E-state index contributed by atoms with van der Waals surface area (Å²) >= 11 is 0. The molecule has 0 saturated carbocycles. The zero-order valence-corrected chi connectivity index (χ0v) is 11.6. The summed E-state index contributed by atoms with van der Waals surface area (Å²) in [4.78, 5) is 11.9. The van der Waals surface area contributed by atoms with E-state index in [0.717, 1.165) is 11.3 Å². The van der Waals surface area contributed by atoms with Crippen LogP contribution in [-0.2, 0) is 11.3 Å². The summed E-state index contributed by atoms with van der Waals surface area (Å²) < 4.78 is 5.06. The summed E-state index contributed by atoms with van der Waals surface area (Å²) in [5, 5.41) is 11.9. The Kier molecular flexibility index (Phi) is 5.32. The van der Waals surface area contributed by atoms with Gasteiger partial charge in [-0.3, -0.25) is 4.79 Å². The second-order valence-electron chi connectivity index (χ2n) is 5.19. The number of hydrogen-bond acceptors (Lipinski definition) is 4. The van der Waals surface area contributed by atoms with Gasteiger partial charge >= 0.3 is 0 Å². The van der Waals surface area contributed by atoms with Gasteiger partial charge in [0.05, 0.1) is 19.8 Å². The highest BCUT2D eigenvalue weighted by Gasteiger charge is 2.31. The number of amides is 1. The number of carbonyl (C=O) groups excluding carboxylic acids is 1. The Hall–Kier alpha value is -1.59. The fourth-order valence-electron chi connectivity index (χ4n) is 1.50. The number of hydrogen-bond donors (Lipinski definition) is 3. The van der Waals surface area contributed by atoms with Crippen LogP contribution >= 0.6 is 0 Å². The van der Waals surface area contributed by atoms with E-state index in [4.69, 9.17) is 10.5 Å². The lowest BCUT2D eigenvalue weighted by Gasteiger charge is -2.28. The van der Waals surface area contributed by atoms with Crippen molar-refractivity contribution in [2.45, 2.75) is 26.4 Å². The second-order valence-corrected chi connectivity index (χ2v) is 5.19. The maximum absolute atomic E-state index is 11.9. The van der Waals surface area contributed by atoms with E-state index < -0.39 is 11.5 Å². The molecular weight excluding hydrogens is 244 g/mol. The van der Waals surface area contributed by atoms with Crippen molar-refractivity contribution in [3.63, 3.8) is 0 Å². The SMILES string of the molecule is COc1ccc(CNC(=O)[C@@H](N)C(C)(C)CO)cc1. The molecule has 0 spiro atoms. The minimum absolute atomic E-state index is 0.135. The monoisotopic (exact) mass is 266 g/mol. The second kappa shape index (κ2) is 6.54. The topological polar surface area (TPSA) is 84.6 Å².